The molecule has 0 fully saturated rings. The van der Waals surface area contributed by atoms with E-state index in [1.807, 2.05) is 21.1 Å². The highest BCUT2D eigenvalue weighted by atomic mass is 31.2. The molecule has 3 unspecified atom stereocenters. The van der Waals surface area contributed by atoms with E-state index in [-0.39, 0.29) is 19.1 Å². The maximum absolute atomic E-state index is 12.7. The number of hydrogen-bond acceptors (Lipinski definition) is 6. The lowest BCUT2D eigenvalue weighted by molar-refractivity contribution is -0.870. The van der Waals surface area contributed by atoms with E-state index in [0.29, 0.717) is 23.9 Å². The summed E-state index contributed by atoms with van der Waals surface area (Å²) >= 11 is 0. The van der Waals surface area contributed by atoms with E-state index in [9.17, 15) is 19.4 Å². The van der Waals surface area contributed by atoms with Gasteiger partial charge in [0.25, 0.3) is 7.82 Å². The van der Waals surface area contributed by atoms with Gasteiger partial charge in [0.1, 0.15) is 13.2 Å². The third-order valence-corrected chi connectivity index (χ3v) is 11.1. The normalized spacial score (nSPS) is 14.4. The largest absolute Gasteiger partial charge is 0.756 e. The van der Waals surface area contributed by atoms with Gasteiger partial charge >= 0.3 is 0 Å². The number of carbonyl (C=O) groups excluding carboxylic acids is 1. The number of nitrogens with zero attached hydrogens (tertiary/aromatic N) is 1. The van der Waals surface area contributed by atoms with E-state index in [1.54, 1.807) is 0 Å². The van der Waals surface area contributed by atoms with Crippen molar-refractivity contribution in [3.05, 3.63) is 0 Å². The maximum atomic E-state index is 12.7. The Balaban J connectivity index is 4.13. The molecule has 0 rings (SSSR count). The second-order valence-electron chi connectivity index (χ2n) is 16.4. The fourth-order valence-electron chi connectivity index (χ4n) is 6.57. The van der Waals surface area contributed by atoms with Gasteiger partial charge in [-0.05, 0) is 12.8 Å². The lowest BCUT2D eigenvalue weighted by atomic mass is 10.0. The number of likely N-dealkylation sites (N-methyl/N-ethyl adjacent to an activating group) is 1. The van der Waals surface area contributed by atoms with Crippen molar-refractivity contribution in [3.63, 3.8) is 0 Å². The molecular weight excluding hydrogens is 659 g/mol. The number of carbonyl (C=O) groups is 1. The van der Waals surface area contributed by atoms with Crippen LogP contribution >= 0.6 is 7.82 Å². The second kappa shape index (κ2) is 35.2. The van der Waals surface area contributed by atoms with Crippen LogP contribution in [0.4, 0.5) is 0 Å². The van der Waals surface area contributed by atoms with Crippen LogP contribution in [0.3, 0.4) is 0 Å². The number of aliphatic hydroxyl groups is 1. The summed E-state index contributed by atoms with van der Waals surface area (Å²) in [6.07, 6.45) is 37.0. The number of phosphoric ester groups is 1. The molecule has 3 atom stereocenters. The number of quaternary nitrogens is 1. The topological polar surface area (TPSA) is 108 Å². The Labute approximate surface area is 317 Å². The monoisotopic (exact) mass is 747 g/mol. The van der Waals surface area contributed by atoms with Crippen molar-refractivity contribution in [2.75, 3.05) is 40.9 Å². The zero-order valence-corrected chi connectivity index (χ0v) is 35.5. The van der Waals surface area contributed by atoms with Crippen molar-refractivity contribution in [2.45, 2.75) is 225 Å². The van der Waals surface area contributed by atoms with E-state index in [2.05, 4.69) is 19.2 Å². The Morgan fingerprint density at radius 1 is 0.608 bits per heavy atom. The summed E-state index contributed by atoms with van der Waals surface area (Å²) in [6, 6.07) is -0.791. The van der Waals surface area contributed by atoms with Crippen LogP contribution in [0.2, 0.25) is 0 Å². The fourth-order valence-corrected chi connectivity index (χ4v) is 7.29. The Hall–Kier alpha value is -0.500. The predicted molar refractivity (Wildman–Crippen MR) is 215 cm³/mol. The van der Waals surface area contributed by atoms with Crippen molar-refractivity contribution in [1.82, 2.24) is 5.32 Å². The van der Waals surface area contributed by atoms with Gasteiger partial charge in [-0.1, -0.05) is 194 Å². The number of aliphatic hydroxyl groups excluding tert-OH is 1. The summed E-state index contributed by atoms with van der Waals surface area (Å²) in [6.45, 7) is 4.69. The molecule has 2 N–H and O–H groups in total. The van der Waals surface area contributed by atoms with Crippen molar-refractivity contribution in [2.24, 2.45) is 0 Å². The Morgan fingerprint density at radius 2 is 0.961 bits per heavy atom. The standard InChI is InChI=1S/C42H87N2O6P/c1-6-8-10-12-14-15-16-17-18-19-20-21-22-23-24-25-26-27-28-30-31-33-35-41(45)40(39-50-51(47,48)49-38-37-44(3,4)5)43-42(46)36-34-32-29-13-11-9-7-2/h40-41,45H,6-39H2,1-5H3,(H-,43,46,47,48). The van der Waals surface area contributed by atoms with Crippen LogP contribution in [0.25, 0.3) is 0 Å². The number of hydrogen-bond donors (Lipinski definition) is 2. The number of unbranched alkanes of at least 4 members (excludes halogenated alkanes) is 27. The zero-order chi connectivity index (χ0) is 37.9. The predicted octanol–water partition coefficient (Wildman–Crippen LogP) is 11.2. The van der Waals surface area contributed by atoms with Gasteiger partial charge in [-0.25, -0.2) is 0 Å². The summed E-state index contributed by atoms with van der Waals surface area (Å²) in [4.78, 5) is 25.1. The minimum absolute atomic E-state index is 0.0155. The average molecular weight is 747 g/mol. The van der Waals surface area contributed by atoms with Gasteiger partial charge in [0.2, 0.25) is 5.91 Å². The molecule has 0 saturated heterocycles. The first-order valence-corrected chi connectivity index (χ1v) is 23.3. The summed E-state index contributed by atoms with van der Waals surface area (Å²) in [5.74, 6) is -0.169. The minimum atomic E-state index is -4.55. The fraction of sp³-hybridized carbons (Fsp3) is 0.976. The minimum Gasteiger partial charge on any atom is -0.756 e. The molecule has 0 aromatic heterocycles. The Bertz CT molecular complexity index is 809. The van der Waals surface area contributed by atoms with Gasteiger partial charge in [-0.3, -0.25) is 9.36 Å². The van der Waals surface area contributed by atoms with Gasteiger partial charge < -0.3 is 28.8 Å². The smallest absolute Gasteiger partial charge is 0.268 e. The lowest BCUT2D eigenvalue weighted by Gasteiger charge is -2.30. The lowest BCUT2D eigenvalue weighted by Crippen LogP contribution is -2.46. The van der Waals surface area contributed by atoms with Crippen LogP contribution in [0.5, 0.6) is 0 Å². The highest BCUT2D eigenvalue weighted by Crippen LogP contribution is 2.38. The molecule has 0 aliphatic carbocycles. The molecule has 0 saturated carbocycles. The average Bonchev–Trinajstić information content (AvgIpc) is 3.07. The first-order valence-electron chi connectivity index (χ1n) is 21.9. The Kier molecular flexibility index (Phi) is 34.9. The number of amides is 1. The number of rotatable bonds is 40. The first kappa shape index (κ1) is 50.5. The van der Waals surface area contributed by atoms with Gasteiger partial charge in [0.05, 0.1) is 39.9 Å². The van der Waals surface area contributed by atoms with Crippen molar-refractivity contribution in [3.8, 4) is 0 Å². The molecule has 0 aromatic carbocycles. The maximum Gasteiger partial charge on any atom is 0.268 e. The first-order chi connectivity index (χ1) is 24.5. The molecule has 9 heteroatoms. The van der Waals surface area contributed by atoms with Gasteiger partial charge in [0.15, 0.2) is 0 Å². The van der Waals surface area contributed by atoms with Gasteiger partial charge in [0, 0.05) is 6.42 Å². The van der Waals surface area contributed by atoms with Crippen LogP contribution in [0.15, 0.2) is 0 Å². The molecule has 0 aliphatic rings. The summed E-state index contributed by atoms with van der Waals surface area (Å²) < 4.78 is 23.2. The summed E-state index contributed by atoms with van der Waals surface area (Å²) in [5, 5.41) is 13.8. The van der Waals surface area contributed by atoms with Gasteiger partial charge in [-0.2, -0.15) is 0 Å². The molecule has 0 aromatic rings. The SMILES string of the molecule is CCCCCCCCCCCCCCCCCCCCCCCCC(O)C(COP(=O)([O-])OCC[N+](C)(C)C)NC(=O)CCCCCCCCC. The van der Waals surface area contributed by atoms with E-state index >= 15 is 0 Å². The molecule has 8 nitrogen and oxygen atoms in total. The van der Waals surface area contributed by atoms with E-state index in [4.69, 9.17) is 9.05 Å². The molecule has 306 valence electrons. The third-order valence-electron chi connectivity index (χ3n) is 10.1. The molecule has 51 heavy (non-hydrogen) atoms. The van der Waals surface area contributed by atoms with Crippen molar-refractivity contribution >= 4 is 13.7 Å². The highest BCUT2D eigenvalue weighted by Gasteiger charge is 2.24. The van der Waals surface area contributed by atoms with E-state index in [1.165, 1.54) is 148 Å². The molecule has 0 spiro atoms. The van der Waals surface area contributed by atoms with Gasteiger partial charge in [-0.15, -0.1) is 0 Å². The molecule has 1 amide bonds. The molecule has 0 radical (unpaired) electrons. The second-order valence-corrected chi connectivity index (χ2v) is 17.8. The third kappa shape index (κ3) is 37.6. The van der Waals surface area contributed by atoms with Crippen molar-refractivity contribution < 1.29 is 32.9 Å². The number of phosphoric acid groups is 1. The number of nitrogens with one attached hydrogen (secondary N) is 1. The molecule has 0 heterocycles. The molecule has 0 aliphatic heterocycles. The summed E-state index contributed by atoms with van der Waals surface area (Å²) in [5.41, 5.74) is 0. The quantitative estimate of drug-likeness (QED) is 0.0367. The van der Waals surface area contributed by atoms with Crippen LogP contribution in [-0.4, -0.2) is 68.5 Å². The zero-order valence-electron chi connectivity index (χ0n) is 34.6. The van der Waals surface area contributed by atoms with Crippen LogP contribution in [-0.2, 0) is 18.4 Å². The summed E-state index contributed by atoms with van der Waals surface area (Å²) in [7, 11) is 1.31. The Morgan fingerprint density at radius 3 is 1.33 bits per heavy atom. The van der Waals surface area contributed by atoms with E-state index < -0.39 is 20.0 Å². The highest BCUT2D eigenvalue weighted by molar-refractivity contribution is 7.45. The van der Waals surface area contributed by atoms with Crippen LogP contribution < -0.4 is 10.2 Å². The van der Waals surface area contributed by atoms with Crippen LogP contribution in [0.1, 0.15) is 213 Å². The molecular formula is C42H87N2O6P. The molecule has 0 bridgehead atoms. The van der Waals surface area contributed by atoms with Crippen molar-refractivity contribution in [1.29, 1.82) is 0 Å². The van der Waals surface area contributed by atoms with Crippen LogP contribution in [0, 0.1) is 0 Å². The van der Waals surface area contributed by atoms with E-state index in [0.717, 1.165) is 38.5 Å².